The average molecular weight is 795 g/mol. The Labute approximate surface area is 348 Å². The summed E-state index contributed by atoms with van der Waals surface area (Å²) in [7, 11) is 0. The van der Waals surface area contributed by atoms with Crippen LogP contribution in [0.15, 0.2) is 73.8 Å². The molecule has 0 aliphatic carbocycles. The molecule has 4 aromatic heterocycles. The Morgan fingerprint density at radius 2 is 1.19 bits per heavy atom. The van der Waals surface area contributed by atoms with Gasteiger partial charge in [0.1, 0.15) is 12.1 Å². The number of piperazine rings is 2. The first-order valence-corrected chi connectivity index (χ1v) is 21.4. The topological polar surface area (TPSA) is 109 Å². The van der Waals surface area contributed by atoms with E-state index < -0.39 is 0 Å². The van der Waals surface area contributed by atoms with Crippen molar-refractivity contribution < 1.29 is 9.47 Å². The third-order valence-electron chi connectivity index (χ3n) is 11.3. The van der Waals surface area contributed by atoms with Crippen LogP contribution in [0.25, 0.3) is 0 Å². The Kier molecular flexibility index (Phi) is 16.9. The van der Waals surface area contributed by atoms with Gasteiger partial charge in [0.25, 0.3) is 0 Å². The summed E-state index contributed by atoms with van der Waals surface area (Å²) >= 11 is 0. The normalized spacial score (nSPS) is 18.7. The van der Waals surface area contributed by atoms with Gasteiger partial charge >= 0.3 is 0 Å². The maximum atomic E-state index is 5.34. The van der Waals surface area contributed by atoms with Gasteiger partial charge in [0.05, 0.1) is 56.1 Å². The van der Waals surface area contributed by atoms with Crippen LogP contribution >= 0.6 is 0 Å². The summed E-state index contributed by atoms with van der Waals surface area (Å²) in [5.74, 6) is 3.15. The van der Waals surface area contributed by atoms with Crippen molar-refractivity contribution >= 4 is 11.5 Å². The molecule has 0 aromatic carbocycles. The molecule has 0 spiro atoms. The zero-order valence-corrected chi connectivity index (χ0v) is 37.0. The van der Waals surface area contributed by atoms with E-state index in [1.807, 2.05) is 18.5 Å². The lowest BCUT2D eigenvalue weighted by molar-refractivity contribution is -0.0741. The molecular formula is C46H70N10O2. The molecule has 8 heterocycles. The minimum atomic E-state index is 0.134. The van der Waals surface area contributed by atoms with Crippen LogP contribution in [0.4, 0.5) is 11.5 Å². The Morgan fingerprint density at radius 3 is 1.62 bits per heavy atom. The first kappa shape index (κ1) is 45.0. The fourth-order valence-corrected chi connectivity index (χ4v) is 7.24. The number of nitrogens with zero attached hydrogens (tertiary/aromatic N) is 10. The molecule has 4 aliphatic rings. The summed E-state index contributed by atoms with van der Waals surface area (Å²) < 4.78 is 10.6. The first-order chi connectivity index (χ1) is 27.8. The van der Waals surface area contributed by atoms with Crippen LogP contribution in [0.3, 0.4) is 0 Å². The monoisotopic (exact) mass is 795 g/mol. The molecule has 12 heteroatoms. The fraction of sp³-hybridized carbons (Fsp3) is 0.609. The molecule has 0 atom stereocenters. The predicted molar refractivity (Wildman–Crippen MR) is 235 cm³/mol. The van der Waals surface area contributed by atoms with Crippen molar-refractivity contribution in [3.8, 4) is 0 Å². The zero-order chi connectivity index (χ0) is 41.7. The van der Waals surface area contributed by atoms with Gasteiger partial charge < -0.3 is 19.3 Å². The van der Waals surface area contributed by atoms with Crippen LogP contribution in [-0.2, 0) is 9.47 Å². The second-order valence-corrected chi connectivity index (χ2v) is 17.6. The molecule has 0 unspecified atom stereocenters. The van der Waals surface area contributed by atoms with E-state index >= 15 is 0 Å². The van der Waals surface area contributed by atoms with Crippen LogP contribution in [0.2, 0.25) is 0 Å². The number of hydrogen-bond acceptors (Lipinski definition) is 12. The smallest absolute Gasteiger partial charge is 0.128 e. The second kappa shape index (κ2) is 21.8. The molecule has 0 N–H and O–H groups in total. The van der Waals surface area contributed by atoms with Gasteiger partial charge in [-0.05, 0) is 67.3 Å². The van der Waals surface area contributed by atoms with E-state index in [9.17, 15) is 0 Å². The summed E-state index contributed by atoms with van der Waals surface area (Å²) in [4.78, 5) is 35.2. The SMILES string of the molecule is CC(C)c1ccc(N2CCN(C3COC3)CC2(C)C)cn1.CC(C)c1ccc(N2CCN(C3COC3)CC2)nc1.CC(C)c1ccncn1.CC(C)c1cnccn1. The molecule has 4 saturated heterocycles. The van der Waals surface area contributed by atoms with Gasteiger partial charge in [-0.15, -0.1) is 0 Å². The van der Waals surface area contributed by atoms with Crippen molar-refractivity contribution in [2.24, 2.45) is 0 Å². The van der Waals surface area contributed by atoms with Crippen LogP contribution in [-0.4, -0.2) is 130 Å². The van der Waals surface area contributed by atoms with Crippen molar-refractivity contribution in [3.63, 3.8) is 0 Å². The van der Waals surface area contributed by atoms with Gasteiger partial charge in [-0.3, -0.25) is 24.8 Å². The number of pyridine rings is 2. The second-order valence-electron chi connectivity index (χ2n) is 17.6. The highest BCUT2D eigenvalue weighted by Gasteiger charge is 2.38. The molecular weight excluding hydrogens is 725 g/mol. The van der Waals surface area contributed by atoms with Crippen LogP contribution in [0, 0.1) is 0 Å². The lowest BCUT2D eigenvalue weighted by Crippen LogP contribution is -2.64. The molecule has 4 fully saturated rings. The van der Waals surface area contributed by atoms with E-state index in [0.717, 1.165) is 89.4 Å². The number of anilines is 2. The van der Waals surface area contributed by atoms with E-state index in [1.54, 1.807) is 31.1 Å². The molecule has 0 radical (unpaired) electrons. The maximum absolute atomic E-state index is 5.34. The Balaban J connectivity index is 0.000000158. The van der Waals surface area contributed by atoms with Crippen molar-refractivity contribution in [2.45, 2.75) is 111 Å². The minimum absolute atomic E-state index is 0.134. The lowest BCUT2D eigenvalue weighted by atomic mass is 9.96. The van der Waals surface area contributed by atoms with E-state index in [0.29, 0.717) is 35.8 Å². The van der Waals surface area contributed by atoms with Gasteiger partial charge in [0.2, 0.25) is 0 Å². The largest absolute Gasteiger partial charge is 0.378 e. The summed E-state index contributed by atoms with van der Waals surface area (Å²) in [6, 6.07) is 12.0. The first-order valence-electron chi connectivity index (χ1n) is 21.4. The highest BCUT2D eigenvalue weighted by atomic mass is 16.5. The minimum Gasteiger partial charge on any atom is -0.378 e. The van der Waals surface area contributed by atoms with Crippen molar-refractivity contribution in [1.29, 1.82) is 0 Å². The summed E-state index contributed by atoms with van der Waals surface area (Å²) in [6.45, 7) is 33.2. The number of ether oxygens (including phenoxy) is 2. The quantitative estimate of drug-likeness (QED) is 0.177. The molecule has 0 bridgehead atoms. The van der Waals surface area contributed by atoms with Crippen molar-refractivity contribution in [2.75, 3.05) is 82.0 Å². The van der Waals surface area contributed by atoms with E-state index in [-0.39, 0.29) is 5.54 Å². The highest BCUT2D eigenvalue weighted by molar-refractivity contribution is 5.48. The number of rotatable bonds is 8. The van der Waals surface area contributed by atoms with Crippen molar-refractivity contribution in [3.05, 3.63) is 96.5 Å². The average Bonchev–Trinajstić information content (AvgIpc) is 3.18. The molecule has 58 heavy (non-hydrogen) atoms. The molecule has 0 amide bonds. The van der Waals surface area contributed by atoms with Gasteiger partial charge in [0, 0.05) is 93.7 Å². The summed E-state index contributed by atoms with van der Waals surface area (Å²) in [5.41, 5.74) is 6.02. The summed E-state index contributed by atoms with van der Waals surface area (Å²) in [5, 5.41) is 0. The molecule has 4 aliphatic heterocycles. The third-order valence-corrected chi connectivity index (χ3v) is 11.3. The maximum Gasteiger partial charge on any atom is 0.128 e. The van der Waals surface area contributed by atoms with Gasteiger partial charge in [-0.25, -0.2) is 15.0 Å². The third kappa shape index (κ3) is 12.9. The molecule has 4 aromatic rings. The Morgan fingerprint density at radius 1 is 0.552 bits per heavy atom. The fourth-order valence-electron chi connectivity index (χ4n) is 7.24. The molecule has 0 saturated carbocycles. The van der Waals surface area contributed by atoms with Gasteiger partial charge in [-0.1, -0.05) is 61.5 Å². The Hall–Kier alpha value is -4.10. The van der Waals surface area contributed by atoms with Crippen LogP contribution in [0.5, 0.6) is 0 Å². The highest BCUT2D eigenvalue weighted by Crippen LogP contribution is 2.30. The van der Waals surface area contributed by atoms with Crippen LogP contribution < -0.4 is 9.80 Å². The van der Waals surface area contributed by atoms with Gasteiger partial charge in [-0.2, -0.15) is 0 Å². The number of aromatic nitrogens is 6. The van der Waals surface area contributed by atoms with E-state index in [4.69, 9.17) is 9.47 Å². The van der Waals surface area contributed by atoms with E-state index in [2.05, 4.69) is 143 Å². The van der Waals surface area contributed by atoms with Gasteiger partial charge in [0.15, 0.2) is 0 Å². The van der Waals surface area contributed by atoms with Crippen LogP contribution in [0.1, 0.15) is 116 Å². The molecule has 8 rings (SSSR count). The predicted octanol–water partition coefficient (Wildman–Crippen LogP) is 7.43. The lowest BCUT2D eigenvalue weighted by Gasteiger charge is -2.51. The Bertz CT molecular complexity index is 1680. The summed E-state index contributed by atoms with van der Waals surface area (Å²) in [6.07, 6.45) is 12.6. The number of hydrogen-bond donors (Lipinski definition) is 0. The van der Waals surface area contributed by atoms with Crippen molar-refractivity contribution in [1.82, 2.24) is 39.7 Å². The molecule has 12 nitrogen and oxygen atoms in total. The standard InChI is InChI=1S/C17H27N3O.C15H23N3O.2C7H10N2/c1-13(2)16-6-5-14(9-18-16)20-8-7-19(12-17(20,3)4)15-10-21-11-15;1-12(2)13-3-4-15(16-9-13)18-7-5-17(6-8-18)14-10-19-11-14;1-6(2)7-5-8-3-4-9-7;1-6(2)7-3-4-8-5-9-7/h5-6,9,13,15H,7-8,10-12H2,1-4H3;3-4,9,12,14H,5-8,10-11H2,1-2H3;2*3-6H,1-2H3. The van der Waals surface area contributed by atoms with E-state index in [1.165, 1.54) is 16.9 Å². The molecule has 316 valence electrons. The zero-order valence-electron chi connectivity index (χ0n) is 37.0.